The molecule has 0 radical (unpaired) electrons. The summed E-state index contributed by atoms with van der Waals surface area (Å²) in [5.74, 6) is 0.164. The molecule has 0 aliphatic carbocycles. The predicted octanol–water partition coefficient (Wildman–Crippen LogP) is 5.52. The zero-order chi connectivity index (χ0) is 16.9. The van der Waals surface area contributed by atoms with Crippen LogP contribution >= 0.6 is 0 Å². The van der Waals surface area contributed by atoms with E-state index in [1.807, 2.05) is 36.4 Å². The monoisotopic (exact) mass is 314 g/mol. The summed E-state index contributed by atoms with van der Waals surface area (Å²) in [7, 11) is 0. The molecule has 0 bridgehead atoms. The van der Waals surface area contributed by atoms with Crippen LogP contribution in [0.25, 0.3) is 17.2 Å². The van der Waals surface area contributed by atoms with E-state index in [0.717, 1.165) is 16.7 Å². The molecular formula is C22H18O2. The Morgan fingerprint density at radius 1 is 0.833 bits per heavy atom. The van der Waals surface area contributed by atoms with E-state index in [1.54, 1.807) is 18.2 Å². The molecule has 2 heteroatoms. The van der Waals surface area contributed by atoms with Gasteiger partial charge in [0.1, 0.15) is 5.75 Å². The minimum absolute atomic E-state index is 0.367. The summed E-state index contributed by atoms with van der Waals surface area (Å²) in [4.78, 5) is 12.2. The SMILES string of the molecule is C=Cc1ccc(C(=O)Oc2ccc(-c3ccc(C)cc3)cc2)cc1. The molecule has 3 aromatic carbocycles. The van der Waals surface area contributed by atoms with Crippen LogP contribution in [0.3, 0.4) is 0 Å². The first kappa shape index (κ1) is 15.8. The molecule has 0 spiro atoms. The Morgan fingerprint density at radius 3 is 1.92 bits per heavy atom. The Morgan fingerprint density at radius 2 is 1.38 bits per heavy atom. The number of aryl methyl sites for hydroxylation is 1. The van der Waals surface area contributed by atoms with Gasteiger partial charge in [-0.05, 0) is 47.9 Å². The van der Waals surface area contributed by atoms with E-state index >= 15 is 0 Å². The van der Waals surface area contributed by atoms with Gasteiger partial charge in [0.15, 0.2) is 0 Å². The molecule has 3 rings (SSSR count). The molecule has 3 aromatic rings. The summed E-state index contributed by atoms with van der Waals surface area (Å²) >= 11 is 0. The fourth-order valence-corrected chi connectivity index (χ4v) is 2.38. The van der Waals surface area contributed by atoms with Crippen molar-refractivity contribution < 1.29 is 9.53 Å². The van der Waals surface area contributed by atoms with Crippen LogP contribution < -0.4 is 4.74 Å². The number of hydrogen-bond acceptors (Lipinski definition) is 2. The molecule has 0 atom stereocenters. The zero-order valence-corrected chi connectivity index (χ0v) is 13.5. The van der Waals surface area contributed by atoms with Gasteiger partial charge in [0.05, 0.1) is 5.56 Å². The van der Waals surface area contributed by atoms with Crippen molar-refractivity contribution in [3.8, 4) is 16.9 Å². The zero-order valence-electron chi connectivity index (χ0n) is 13.5. The van der Waals surface area contributed by atoms with Gasteiger partial charge < -0.3 is 4.74 Å². The summed E-state index contributed by atoms with van der Waals surface area (Å²) in [5, 5.41) is 0. The summed E-state index contributed by atoms with van der Waals surface area (Å²) in [5.41, 5.74) is 4.94. The van der Waals surface area contributed by atoms with Crippen LogP contribution in [0.5, 0.6) is 5.75 Å². The fourth-order valence-electron chi connectivity index (χ4n) is 2.38. The van der Waals surface area contributed by atoms with Crippen molar-refractivity contribution in [2.45, 2.75) is 6.92 Å². The lowest BCUT2D eigenvalue weighted by molar-refractivity contribution is 0.0735. The summed E-state index contributed by atoms with van der Waals surface area (Å²) in [6.07, 6.45) is 1.74. The largest absolute Gasteiger partial charge is 0.423 e. The molecular weight excluding hydrogens is 296 g/mol. The molecule has 0 unspecified atom stereocenters. The van der Waals surface area contributed by atoms with Crippen LogP contribution in [0.1, 0.15) is 21.5 Å². The number of esters is 1. The third-order valence-corrected chi connectivity index (χ3v) is 3.83. The van der Waals surface area contributed by atoms with E-state index in [1.165, 1.54) is 5.56 Å². The van der Waals surface area contributed by atoms with Crippen LogP contribution in [0.2, 0.25) is 0 Å². The molecule has 0 aromatic heterocycles. The molecule has 0 N–H and O–H groups in total. The lowest BCUT2D eigenvalue weighted by Crippen LogP contribution is -2.08. The molecule has 2 nitrogen and oxygen atoms in total. The molecule has 0 heterocycles. The quantitative estimate of drug-likeness (QED) is 0.468. The summed E-state index contributed by atoms with van der Waals surface area (Å²) < 4.78 is 5.42. The molecule has 24 heavy (non-hydrogen) atoms. The summed E-state index contributed by atoms with van der Waals surface area (Å²) in [6, 6.07) is 23.0. The van der Waals surface area contributed by atoms with Gasteiger partial charge in [0.25, 0.3) is 0 Å². The van der Waals surface area contributed by atoms with E-state index in [4.69, 9.17) is 4.74 Å². The third kappa shape index (κ3) is 3.61. The highest BCUT2D eigenvalue weighted by molar-refractivity contribution is 5.91. The molecule has 0 aliphatic rings. The number of benzene rings is 3. The van der Waals surface area contributed by atoms with Gasteiger partial charge in [0.2, 0.25) is 0 Å². The maximum atomic E-state index is 12.2. The van der Waals surface area contributed by atoms with Crippen molar-refractivity contribution in [1.29, 1.82) is 0 Å². The van der Waals surface area contributed by atoms with Crippen LogP contribution in [-0.2, 0) is 0 Å². The van der Waals surface area contributed by atoms with Gasteiger partial charge in [-0.25, -0.2) is 4.79 Å². The van der Waals surface area contributed by atoms with E-state index < -0.39 is 0 Å². The van der Waals surface area contributed by atoms with Crippen LogP contribution in [-0.4, -0.2) is 5.97 Å². The Kier molecular flexibility index (Phi) is 4.57. The molecule has 0 aliphatic heterocycles. The molecule has 118 valence electrons. The fraction of sp³-hybridized carbons (Fsp3) is 0.0455. The second-order valence-corrected chi connectivity index (χ2v) is 5.61. The molecule has 0 saturated carbocycles. The lowest BCUT2D eigenvalue weighted by atomic mass is 10.0. The van der Waals surface area contributed by atoms with Gasteiger partial charge in [-0.1, -0.05) is 66.7 Å². The normalized spacial score (nSPS) is 10.2. The van der Waals surface area contributed by atoms with Gasteiger partial charge in [0, 0.05) is 0 Å². The highest BCUT2D eigenvalue weighted by Gasteiger charge is 2.08. The van der Waals surface area contributed by atoms with Crippen LogP contribution in [0, 0.1) is 6.92 Å². The Hall–Kier alpha value is -3.13. The highest BCUT2D eigenvalue weighted by atomic mass is 16.5. The maximum Gasteiger partial charge on any atom is 0.343 e. The first-order valence-electron chi connectivity index (χ1n) is 7.77. The minimum Gasteiger partial charge on any atom is -0.423 e. The lowest BCUT2D eigenvalue weighted by Gasteiger charge is -2.07. The standard InChI is InChI=1S/C22H18O2/c1-3-17-6-10-20(11-7-17)22(23)24-21-14-12-19(13-15-21)18-8-4-16(2)5-9-18/h3-15H,1H2,2H3. The van der Waals surface area contributed by atoms with Crippen molar-refractivity contribution in [3.63, 3.8) is 0 Å². The third-order valence-electron chi connectivity index (χ3n) is 3.83. The first-order valence-corrected chi connectivity index (χ1v) is 7.77. The van der Waals surface area contributed by atoms with Crippen molar-refractivity contribution in [3.05, 3.63) is 96.1 Å². The second-order valence-electron chi connectivity index (χ2n) is 5.61. The van der Waals surface area contributed by atoms with Gasteiger partial charge in [-0.3, -0.25) is 0 Å². The summed E-state index contributed by atoms with van der Waals surface area (Å²) in [6.45, 7) is 5.76. The molecule has 0 fully saturated rings. The van der Waals surface area contributed by atoms with Gasteiger partial charge >= 0.3 is 5.97 Å². The van der Waals surface area contributed by atoms with E-state index in [0.29, 0.717) is 11.3 Å². The van der Waals surface area contributed by atoms with Crippen molar-refractivity contribution >= 4 is 12.0 Å². The number of hydrogen-bond donors (Lipinski definition) is 0. The first-order chi connectivity index (χ1) is 11.7. The second kappa shape index (κ2) is 6.97. The van der Waals surface area contributed by atoms with E-state index in [2.05, 4.69) is 37.8 Å². The average molecular weight is 314 g/mol. The predicted molar refractivity (Wildman–Crippen MR) is 98.1 cm³/mol. The van der Waals surface area contributed by atoms with E-state index in [9.17, 15) is 4.79 Å². The average Bonchev–Trinajstić information content (AvgIpc) is 2.63. The van der Waals surface area contributed by atoms with Crippen LogP contribution in [0.15, 0.2) is 79.4 Å². The Bertz CT molecular complexity index is 842. The van der Waals surface area contributed by atoms with Crippen molar-refractivity contribution in [1.82, 2.24) is 0 Å². The van der Waals surface area contributed by atoms with Gasteiger partial charge in [-0.15, -0.1) is 0 Å². The number of ether oxygens (including phenoxy) is 1. The topological polar surface area (TPSA) is 26.3 Å². The minimum atomic E-state index is -0.367. The molecule has 0 saturated heterocycles. The number of carbonyl (C=O) groups excluding carboxylic acids is 1. The van der Waals surface area contributed by atoms with Crippen molar-refractivity contribution in [2.24, 2.45) is 0 Å². The number of carbonyl (C=O) groups is 1. The number of rotatable bonds is 4. The van der Waals surface area contributed by atoms with Crippen LogP contribution in [0.4, 0.5) is 0 Å². The highest BCUT2D eigenvalue weighted by Crippen LogP contribution is 2.23. The smallest absolute Gasteiger partial charge is 0.343 e. The van der Waals surface area contributed by atoms with E-state index in [-0.39, 0.29) is 5.97 Å². The van der Waals surface area contributed by atoms with Crippen molar-refractivity contribution in [2.75, 3.05) is 0 Å². The molecule has 0 amide bonds. The Balaban J connectivity index is 1.72. The maximum absolute atomic E-state index is 12.2. The van der Waals surface area contributed by atoms with Gasteiger partial charge in [-0.2, -0.15) is 0 Å². The Labute approximate surface area is 142 Å².